The standard InChI is InChI=1S/C17H32N4O3/c1-12-7-18-14(10-21(12)16(23)24-17(3,4)5)9-20-8-13(2)19(6)11-15(20)22/h12-14,18H,7-11H2,1-6H3/t12-,13+,14+/m1/s1. The number of likely N-dealkylation sites (N-methyl/N-ethyl adjacent to an activating group) is 1. The maximum Gasteiger partial charge on any atom is 0.410 e. The molecule has 2 fully saturated rings. The molecule has 7 nitrogen and oxygen atoms in total. The van der Waals surface area contributed by atoms with Crippen molar-refractivity contribution in [3.05, 3.63) is 0 Å². The highest BCUT2D eigenvalue weighted by atomic mass is 16.6. The molecule has 0 spiro atoms. The van der Waals surface area contributed by atoms with Crippen molar-refractivity contribution < 1.29 is 14.3 Å². The number of piperazine rings is 2. The molecule has 2 heterocycles. The van der Waals surface area contributed by atoms with Crippen molar-refractivity contribution in [3.8, 4) is 0 Å². The van der Waals surface area contributed by atoms with Crippen molar-refractivity contribution in [2.24, 2.45) is 0 Å². The molecule has 0 aliphatic carbocycles. The van der Waals surface area contributed by atoms with E-state index < -0.39 is 5.60 Å². The Bertz CT molecular complexity index is 477. The summed E-state index contributed by atoms with van der Waals surface area (Å²) in [7, 11) is 1.98. The Labute approximate surface area is 145 Å². The van der Waals surface area contributed by atoms with E-state index in [4.69, 9.17) is 4.74 Å². The maximum absolute atomic E-state index is 12.4. The number of ether oxygens (including phenoxy) is 1. The number of rotatable bonds is 2. The Kier molecular flexibility index (Phi) is 5.75. The van der Waals surface area contributed by atoms with Gasteiger partial charge in [0, 0.05) is 44.3 Å². The lowest BCUT2D eigenvalue weighted by Gasteiger charge is -2.43. The van der Waals surface area contributed by atoms with Crippen molar-refractivity contribution in [2.45, 2.75) is 58.3 Å². The topological polar surface area (TPSA) is 65.1 Å². The van der Waals surface area contributed by atoms with Gasteiger partial charge in [-0.15, -0.1) is 0 Å². The van der Waals surface area contributed by atoms with E-state index in [2.05, 4.69) is 17.1 Å². The predicted molar refractivity (Wildman–Crippen MR) is 92.9 cm³/mol. The smallest absolute Gasteiger partial charge is 0.410 e. The lowest BCUT2D eigenvalue weighted by atomic mass is 10.1. The molecule has 1 N–H and O–H groups in total. The van der Waals surface area contributed by atoms with E-state index >= 15 is 0 Å². The highest BCUT2D eigenvalue weighted by molar-refractivity contribution is 5.79. The minimum atomic E-state index is -0.500. The molecule has 3 atom stereocenters. The zero-order valence-electron chi connectivity index (χ0n) is 15.8. The van der Waals surface area contributed by atoms with Crippen molar-refractivity contribution in [1.29, 1.82) is 0 Å². The van der Waals surface area contributed by atoms with E-state index in [9.17, 15) is 9.59 Å². The van der Waals surface area contributed by atoms with Gasteiger partial charge in [-0.05, 0) is 41.7 Å². The first-order chi connectivity index (χ1) is 11.1. The number of nitrogens with one attached hydrogen (secondary N) is 1. The summed E-state index contributed by atoms with van der Waals surface area (Å²) in [5.74, 6) is 0.153. The molecule has 7 heteroatoms. The summed E-state index contributed by atoms with van der Waals surface area (Å²) in [5, 5.41) is 3.45. The van der Waals surface area contributed by atoms with Gasteiger partial charge in [-0.2, -0.15) is 0 Å². The molecular formula is C17H32N4O3. The molecule has 2 amide bonds. The molecule has 2 aliphatic rings. The number of amides is 2. The van der Waals surface area contributed by atoms with Crippen molar-refractivity contribution in [3.63, 3.8) is 0 Å². The minimum absolute atomic E-state index is 0.0771. The fourth-order valence-electron chi connectivity index (χ4n) is 3.10. The predicted octanol–water partition coefficient (Wildman–Crippen LogP) is 0.746. The Morgan fingerprint density at radius 1 is 1.25 bits per heavy atom. The SMILES string of the molecule is C[C@@H]1CN[C@@H](CN2C[C@H](C)N(C)CC2=O)CN1C(=O)OC(C)(C)C. The van der Waals surface area contributed by atoms with Crippen LogP contribution < -0.4 is 5.32 Å². The van der Waals surface area contributed by atoms with E-state index in [1.165, 1.54) is 0 Å². The number of hydrogen-bond donors (Lipinski definition) is 1. The molecular weight excluding hydrogens is 308 g/mol. The quantitative estimate of drug-likeness (QED) is 0.803. The van der Waals surface area contributed by atoms with E-state index in [-0.39, 0.29) is 24.1 Å². The summed E-state index contributed by atoms with van der Waals surface area (Å²) in [5.41, 5.74) is -0.500. The van der Waals surface area contributed by atoms with Crippen molar-refractivity contribution in [2.75, 3.05) is 39.8 Å². The van der Waals surface area contributed by atoms with Crippen LogP contribution >= 0.6 is 0 Å². The largest absolute Gasteiger partial charge is 0.444 e. The number of nitrogens with zero attached hydrogens (tertiary/aromatic N) is 3. The van der Waals surface area contributed by atoms with Gasteiger partial charge < -0.3 is 19.9 Å². The van der Waals surface area contributed by atoms with Gasteiger partial charge in [-0.1, -0.05) is 0 Å². The summed E-state index contributed by atoms with van der Waals surface area (Å²) in [6.45, 7) is 12.8. The lowest BCUT2D eigenvalue weighted by molar-refractivity contribution is -0.137. The zero-order valence-corrected chi connectivity index (χ0v) is 15.8. The van der Waals surface area contributed by atoms with Crippen LogP contribution in [-0.4, -0.2) is 90.2 Å². The third-order valence-electron chi connectivity index (χ3n) is 4.69. The molecule has 24 heavy (non-hydrogen) atoms. The normalized spacial score (nSPS) is 29.8. The summed E-state index contributed by atoms with van der Waals surface area (Å²) in [4.78, 5) is 30.4. The van der Waals surface area contributed by atoms with Crippen LogP contribution in [0.5, 0.6) is 0 Å². The second-order valence-electron chi connectivity index (χ2n) is 8.15. The van der Waals surface area contributed by atoms with Crippen LogP contribution in [0.1, 0.15) is 34.6 Å². The summed E-state index contributed by atoms with van der Waals surface area (Å²) in [6, 6.07) is 0.513. The number of carbonyl (C=O) groups excluding carboxylic acids is 2. The molecule has 2 saturated heterocycles. The maximum atomic E-state index is 12.4. The molecule has 138 valence electrons. The Hall–Kier alpha value is -1.34. The van der Waals surface area contributed by atoms with Crippen LogP contribution in [0.15, 0.2) is 0 Å². The summed E-state index contributed by atoms with van der Waals surface area (Å²) < 4.78 is 5.51. The van der Waals surface area contributed by atoms with E-state index in [0.717, 1.165) is 6.54 Å². The Morgan fingerprint density at radius 2 is 1.92 bits per heavy atom. The molecule has 0 unspecified atom stereocenters. The van der Waals surface area contributed by atoms with E-state index in [0.29, 0.717) is 32.2 Å². The fraction of sp³-hybridized carbons (Fsp3) is 0.882. The van der Waals surface area contributed by atoms with Gasteiger partial charge in [0.25, 0.3) is 0 Å². The molecule has 0 bridgehead atoms. The fourth-order valence-corrected chi connectivity index (χ4v) is 3.10. The third kappa shape index (κ3) is 4.83. The van der Waals surface area contributed by atoms with Crippen LogP contribution in [0.4, 0.5) is 4.79 Å². The average molecular weight is 340 g/mol. The molecule has 0 radical (unpaired) electrons. The van der Waals surface area contributed by atoms with Gasteiger partial charge in [0.1, 0.15) is 5.60 Å². The van der Waals surface area contributed by atoms with Crippen LogP contribution in [0.25, 0.3) is 0 Å². The van der Waals surface area contributed by atoms with Gasteiger partial charge in [-0.3, -0.25) is 9.69 Å². The van der Waals surface area contributed by atoms with Crippen molar-refractivity contribution in [1.82, 2.24) is 20.0 Å². The van der Waals surface area contributed by atoms with Gasteiger partial charge >= 0.3 is 6.09 Å². The molecule has 2 aliphatic heterocycles. The molecule has 2 rings (SSSR count). The molecule has 0 aromatic rings. The first-order valence-corrected chi connectivity index (χ1v) is 8.78. The summed E-state index contributed by atoms with van der Waals surface area (Å²) >= 11 is 0. The lowest BCUT2D eigenvalue weighted by Crippen LogP contribution is -2.63. The average Bonchev–Trinajstić information content (AvgIpc) is 2.44. The number of carbonyl (C=O) groups is 2. The monoisotopic (exact) mass is 340 g/mol. The molecule has 0 aromatic heterocycles. The first kappa shape index (κ1) is 19.0. The van der Waals surface area contributed by atoms with Crippen LogP contribution in [0, 0.1) is 0 Å². The second-order valence-corrected chi connectivity index (χ2v) is 8.15. The van der Waals surface area contributed by atoms with Gasteiger partial charge in [0.15, 0.2) is 0 Å². The van der Waals surface area contributed by atoms with Crippen LogP contribution in [0.3, 0.4) is 0 Å². The summed E-state index contributed by atoms with van der Waals surface area (Å²) in [6.07, 6.45) is -0.278. The zero-order chi connectivity index (χ0) is 18.1. The Balaban J connectivity index is 1.95. The molecule has 0 aromatic carbocycles. The minimum Gasteiger partial charge on any atom is -0.444 e. The highest BCUT2D eigenvalue weighted by Crippen LogP contribution is 2.16. The Morgan fingerprint density at radius 3 is 2.54 bits per heavy atom. The first-order valence-electron chi connectivity index (χ1n) is 8.78. The molecule has 0 saturated carbocycles. The van der Waals surface area contributed by atoms with Crippen molar-refractivity contribution >= 4 is 12.0 Å². The van der Waals surface area contributed by atoms with Gasteiger partial charge in [0.05, 0.1) is 6.54 Å². The number of hydrogen-bond acceptors (Lipinski definition) is 5. The van der Waals surface area contributed by atoms with Gasteiger partial charge in [-0.25, -0.2) is 4.79 Å². The van der Waals surface area contributed by atoms with Crippen LogP contribution in [0.2, 0.25) is 0 Å². The van der Waals surface area contributed by atoms with E-state index in [1.54, 1.807) is 4.90 Å². The van der Waals surface area contributed by atoms with E-state index in [1.807, 2.05) is 39.6 Å². The highest BCUT2D eigenvalue weighted by Gasteiger charge is 2.34. The third-order valence-corrected chi connectivity index (χ3v) is 4.69. The van der Waals surface area contributed by atoms with Gasteiger partial charge in [0.2, 0.25) is 5.91 Å². The second kappa shape index (κ2) is 7.27. The van der Waals surface area contributed by atoms with Crippen LogP contribution in [-0.2, 0) is 9.53 Å².